The van der Waals surface area contributed by atoms with Crippen molar-refractivity contribution in [1.82, 2.24) is 0 Å². The number of hydrogen-bond acceptors (Lipinski definition) is 4. The molecule has 0 radical (unpaired) electrons. The summed E-state index contributed by atoms with van der Waals surface area (Å²) in [7, 11) is 0. The second-order valence-electron chi connectivity index (χ2n) is 8.98. The zero-order chi connectivity index (χ0) is 28.2. The van der Waals surface area contributed by atoms with Crippen molar-refractivity contribution in [3.8, 4) is 22.6 Å². The Morgan fingerprint density at radius 2 is 0.975 bits per heavy atom. The quantitative estimate of drug-likeness (QED) is 0.0859. The van der Waals surface area contributed by atoms with Gasteiger partial charge in [-0.15, -0.1) is 13.2 Å². The van der Waals surface area contributed by atoms with Gasteiger partial charge in [0, 0.05) is 23.3 Å². The van der Waals surface area contributed by atoms with E-state index in [1.165, 1.54) is 12.2 Å². The lowest BCUT2D eigenvalue weighted by Crippen LogP contribution is -2.07. The van der Waals surface area contributed by atoms with Gasteiger partial charge >= 0.3 is 11.9 Å². The lowest BCUT2D eigenvalue weighted by atomic mass is 9.97. The monoisotopic (exact) mass is 526 g/mol. The van der Waals surface area contributed by atoms with Gasteiger partial charge in [-0.2, -0.15) is 0 Å². The van der Waals surface area contributed by atoms with Crippen LogP contribution in [0.5, 0.6) is 11.5 Å². The second-order valence-corrected chi connectivity index (χ2v) is 8.98. The molecule has 0 spiro atoms. The van der Waals surface area contributed by atoms with Crippen LogP contribution in [0, 0.1) is 0 Å². The molecule has 4 aromatic rings. The molecule has 0 aliphatic rings. The molecule has 0 unspecified atom stereocenters. The van der Waals surface area contributed by atoms with Gasteiger partial charge in [-0.1, -0.05) is 84.9 Å². The molecule has 0 atom stereocenters. The van der Waals surface area contributed by atoms with Gasteiger partial charge in [0.1, 0.15) is 11.5 Å². The molecule has 0 saturated heterocycles. The highest BCUT2D eigenvalue weighted by molar-refractivity contribution is 5.92. The van der Waals surface area contributed by atoms with Crippen molar-refractivity contribution in [2.75, 3.05) is 0 Å². The van der Waals surface area contributed by atoms with Crippen LogP contribution in [0.4, 0.5) is 0 Å². The van der Waals surface area contributed by atoms with E-state index in [0.29, 0.717) is 35.5 Å². The van der Waals surface area contributed by atoms with E-state index in [9.17, 15) is 9.59 Å². The summed E-state index contributed by atoms with van der Waals surface area (Å²) in [5.41, 5.74) is 4.97. The number of benzene rings is 4. The van der Waals surface area contributed by atoms with Crippen LogP contribution in [0.25, 0.3) is 23.3 Å². The first-order valence-electron chi connectivity index (χ1n) is 12.9. The number of rotatable bonds is 11. The van der Waals surface area contributed by atoms with E-state index in [0.717, 1.165) is 22.3 Å². The van der Waals surface area contributed by atoms with Gasteiger partial charge in [0.15, 0.2) is 0 Å². The first-order valence-corrected chi connectivity index (χ1v) is 12.9. The minimum Gasteiger partial charge on any atom is -0.423 e. The summed E-state index contributed by atoms with van der Waals surface area (Å²) in [6.45, 7) is 7.68. The van der Waals surface area contributed by atoms with Gasteiger partial charge in [0.25, 0.3) is 0 Å². The van der Waals surface area contributed by atoms with Crippen molar-refractivity contribution in [2.45, 2.75) is 12.8 Å². The summed E-state index contributed by atoms with van der Waals surface area (Å²) >= 11 is 0. The standard InChI is InChI=1S/C36H30O4/c1-3-11-29-17-21-33(39-35(37)23-19-27-13-7-5-8-14-27)31(25-29)32-26-30(12-4-2)18-22-34(32)40-36(38)24-20-28-15-9-6-10-16-28/h3-10,13-26H,1-2,11-12H2/b23-19+,24-20+. The molecular formula is C36H30O4. The van der Waals surface area contributed by atoms with Crippen molar-refractivity contribution >= 4 is 24.1 Å². The van der Waals surface area contributed by atoms with Gasteiger partial charge in [-0.25, -0.2) is 9.59 Å². The van der Waals surface area contributed by atoms with Crippen LogP contribution in [-0.4, -0.2) is 11.9 Å². The Morgan fingerprint density at radius 3 is 1.35 bits per heavy atom. The highest BCUT2D eigenvalue weighted by Gasteiger charge is 2.17. The Bertz CT molecular complexity index is 1430. The molecule has 198 valence electrons. The topological polar surface area (TPSA) is 52.6 Å². The minimum atomic E-state index is -0.520. The SMILES string of the molecule is C=CCc1ccc(OC(=O)/C=C/c2ccccc2)c(-c2cc(CC=C)ccc2OC(=O)/C=C/c2ccccc2)c1. The summed E-state index contributed by atoms with van der Waals surface area (Å²) in [5.74, 6) is -0.340. The minimum absolute atomic E-state index is 0.350. The maximum atomic E-state index is 12.8. The van der Waals surface area contributed by atoms with Crippen molar-refractivity contribution in [1.29, 1.82) is 0 Å². The average molecular weight is 527 g/mol. The molecule has 0 aliphatic carbocycles. The average Bonchev–Trinajstić information content (AvgIpc) is 2.98. The van der Waals surface area contributed by atoms with Gasteiger partial charge < -0.3 is 9.47 Å². The third kappa shape index (κ3) is 7.89. The molecule has 4 aromatic carbocycles. The van der Waals surface area contributed by atoms with Crippen molar-refractivity contribution in [3.05, 3.63) is 157 Å². The number of allylic oxidation sites excluding steroid dienone is 2. The van der Waals surface area contributed by atoms with Gasteiger partial charge in [0.2, 0.25) is 0 Å². The van der Waals surface area contributed by atoms with Crippen LogP contribution in [0.2, 0.25) is 0 Å². The van der Waals surface area contributed by atoms with E-state index in [1.54, 1.807) is 36.4 Å². The fourth-order valence-corrected chi connectivity index (χ4v) is 4.08. The largest absolute Gasteiger partial charge is 0.423 e. The number of hydrogen-bond donors (Lipinski definition) is 0. The number of esters is 2. The molecule has 0 heterocycles. The van der Waals surface area contributed by atoms with E-state index in [4.69, 9.17) is 9.47 Å². The lowest BCUT2D eigenvalue weighted by Gasteiger charge is -2.15. The second kappa shape index (κ2) is 14.1. The number of carbonyl (C=O) groups is 2. The molecule has 4 nitrogen and oxygen atoms in total. The van der Waals surface area contributed by atoms with Crippen LogP contribution in [0.15, 0.2) is 135 Å². The molecular weight excluding hydrogens is 496 g/mol. The third-order valence-corrected chi connectivity index (χ3v) is 5.98. The van der Waals surface area contributed by atoms with E-state index in [1.807, 2.05) is 84.9 Å². The molecule has 40 heavy (non-hydrogen) atoms. The van der Waals surface area contributed by atoms with E-state index >= 15 is 0 Å². The maximum Gasteiger partial charge on any atom is 0.336 e. The van der Waals surface area contributed by atoms with E-state index in [2.05, 4.69) is 13.2 Å². The summed E-state index contributed by atoms with van der Waals surface area (Å²) in [6.07, 6.45) is 11.0. The van der Waals surface area contributed by atoms with Crippen molar-refractivity contribution in [3.63, 3.8) is 0 Å². The molecule has 0 aliphatic heterocycles. The van der Waals surface area contributed by atoms with E-state index < -0.39 is 11.9 Å². The Balaban J connectivity index is 1.69. The Labute approximate surface area is 235 Å². The van der Waals surface area contributed by atoms with Gasteiger partial charge in [-0.3, -0.25) is 0 Å². The molecule has 4 rings (SSSR count). The zero-order valence-electron chi connectivity index (χ0n) is 22.2. The Morgan fingerprint density at radius 1 is 0.575 bits per heavy atom. The number of ether oxygens (including phenoxy) is 2. The Kier molecular flexibility index (Phi) is 9.78. The van der Waals surface area contributed by atoms with Gasteiger partial charge in [-0.05, 0) is 71.5 Å². The highest BCUT2D eigenvalue weighted by atomic mass is 16.5. The van der Waals surface area contributed by atoms with E-state index in [-0.39, 0.29) is 0 Å². The van der Waals surface area contributed by atoms with Crippen molar-refractivity contribution in [2.24, 2.45) is 0 Å². The highest BCUT2D eigenvalue weighted by Crippen LogP contribution is 2.38. The van der Waals surface area contributed by atoms with Crippen LogP contribution >= 0.6 is 0 Å². The molecule has 0 amide bonds. The van der Waals surface area contributed by atoms with Gasteiger partial charge in [0.05, 0.1) is 0 Å². The van der Waals surface area contributed by atoms with Crippen LogP contribution in [0.3, 0.4) is 0 Å². The predicted molar refractivity (Wildman–Crippen MR) is 162 cm³/mol. The molecule has 0 N–H and O–H groups in total. The smallest absolute Gasteiger partial charge is 0.336 e. The third-order valence-electron chi connectivity index (χ3n) is 5.98. The normalized spacial score (nSPS) is 10.9. The molecule has 0 aromatic heterocycles. The Hall–Kier alpha value is -5.22. The van der Waals surface area contributed by atoms with Crippen molar-refractivity contribution < 1.29 is 19.1 Å². The first kappa shape index (κ1) is 27.8. The maximum absolute atomic E-state index is 12.8. The van der Waals surface area contributed by atoms with Crippen LogP contribution in [0.1, 0.15) is 22.3 Å². The predicted octanol–water partition coefficient (Wildman–Crippen LogP) is 8.05. The summed E-state index contributed by atoms with van der Waals surface area (Å²) < 4.78 is 11.6. The molecule has 0 saturated carbocycles. The lowest BCUT2D eigenvalue weighted by molar-refractivity contribution is -0.129. The number of carbonyl (C=O) groups excluding carboxylic acids is 2. The first-order chi connectivity index (χ1) is 19.6. The zero-order valence-corrected chi connectivity index (χ0v) is 22.2. The summed E-state index contributed by atoms with van der Waals surface area (Å²) in [6, 6.07) is 30.1. The summed E-state index contributed by atoms with van der Waals surface area (Å²) in [5, 5.41) is 0. The molecule has 0 fully saturated rings. The summed E-state index contributed by atoms with van der Waals surface area (Å²) in [4.78, 5) is 25.6. The molecule has 0 bridgehead atoms. The fraction of sp³-hybridized carbons (Fsp3) is 0.0556. The fourth-order valence-electron chi connectivity index (χ4n) is 4.08. The molecule has 4 heteroatoms. The van der Waals surface area contributed by atoms with Crippen LogP contribution in [-0.2, 0) is 22.4 Å². The van der Waals surface area contributed by atoms with Crippen LogP contribution < -0.4 is 9.47 Å².